The Morgan fingerprint density at radius 3 is 2.75 bits per heavy atom. The third-order valence-electron chi connectivity index (χ3n) is 3.39. The Hall–Kier alpha value is -0.880. The van der Waals surface area contributed by atoms with Gasteiger partial charge in [-0.2, -0.15) is 4.31 Å². The van der Waals surface area contributed by atoms with Crippen molar-refractivity contribution in [1.29, 1.82) is 0 Å². The molecule has 5 nitrogen and oxygen atoms in total. The molecule has 2 rings (SSSR count). The normalized spacial score (nSPS) is 28.1. The predicted molar refractivity (Wildman–Crippen MR) is 60.3 cm³/mol. The maximum absolute atomic E-state index is 12.2. The molecule has 0 radical (unpaired) electrons. The van der Waals surface area contributed by atoms with Crippen molar-refractivity contribution < 1.29 is 8.42 Å². The van der Waals surface area contributed by atoms with Crippen LogP contribution in [0.2, 0.25) is 0 Å². The number of aromatic nitrogens is 2. The topological polar surface area (TPSA) is 66.1 Å². The first-order valence-electron chi connectivity index (χ1n) is 5.50. The van der Waals surface area contributed by atoms with Crippen LogP contribution in [0.5, 0.6) is 0 Å². The number of aromatic amines is 1. The van der Waals surface area contributed by atoms with Crippen LogP contribution in [0, 0.1) is 11.8 Å². The molecule has 0 aliphatic carbocycles. The van der Waals surface area contributed by atoms with E-state index in [4.69, 9.17) is 0 Å². The highest BCUT2D eigenvalue weighted by molar-refractivity contribution is 7.89. The fourth-order valence-corrected chi connectivity index (χ4v) is 3.42. The van der Waals surface area contributed by atoms with E-state index in [0.717, 1.165) is 6.42 Å². The van der Waals surface area contributed by atoms with Crippen LogP contribution in [0.15, 0.2) is 17.6 Å². The molecule has 90 valence electrons. The Bertz CT molecular complexity index is 441. The molecule has 0 amide bonds. The summed E-state index contributed by atoms with van der Waals surface area (Å²) in [5, 5.41) is 0.189. The van der Waals surface area contributed by atoms with Gasteiger partial charge in [0.25, 0.3) is 10.0 Å². The third-order valence-corrected chi connectivity index (χ3v) is 5.18. The summed E-state index contributed by atoms with van der Waals surface area (Å²) in [5.74, 6) is 1.000. The molecule has 1 aromatic heterocycles. The smallest absolute Gasteiger partial charge is 0.260 e. The number of sulfonamides is 1. The SMILES string of the molecule is CC1CCN(S(=O)(=O)c2cnc[nH]2)CC1C. The number of hydrogen-bond donors (Lipinski definition) is 1. The van der Waals surface area contributed by atoms with Crippen molar-refractivity contribution >= 4 is 10.0 Å². The van der Waals surface area contributed by atoms with E-state index in [2.05, 4.69) is 23.8 Å². The zero-order chi connectivity index (χ0) is 11.8. The van der Waals surface area contributed by atoms with E-state index < -0.39 is 10.0 Å². The van der Waals surface area contributed by atoms with Crippen molar-refractivity contribution in [2.75, 3.05) is 13.1 Å². The van der Waals surface area contributed by atoms with Crippen molar-refractivity contribution in [3.8, 4) is 0 Å². The first kappa shape index (κ1) is 11.6. The molecule has 1 saturated heterocycles. The van der Waals surface area contributed by atoms with Crippen molar-refractivity contribution in [3.05, 3.63) is 12.5 Å². The van der Waals surface area contributed by atoms with Gasteiger partial charge in [0.1, 0.15) is 0 Å². The van der Waals surface area contributed by atoms with E-state index in [1.807, 2.05) is 0 Å². The molecular formula is C10H17N3O2S. The van der Waals surface area contributed by atoms with Gasteiger partial charge in [-0.25, -0.2) is 13.4 Å². The number of piperidine rings is 1. The fourth-order valence-electron chi connectivity index (χ4n) is 1.97. The molecule has 1 aliphatic heterocycles. The third kappa shape index (κ3) is 1.99. The van der Waals surface area contributed by atoms with Gasteiger partial charge in [-0.1, -0.05) is 13.8 Å². The lowest BCUT2D eigenvalue weighted by Gasteiger charge is -2.33. The summed E-state index contributed by atoms with van der Waals surface area (Å²) in [6.45, 7) is 5.47. The Balaban J connectivity index is 2.20. The number of nitrogens with one attached hydrogen (secondary N) is 1. The van der Waals surface area contributed by atoms with Gasteiger partial charge in [0.05, 0.1) is 12.5 Å². The Kier molecular flexibility index (Phi) is 3.03. The first-order valence-corrected chi connectivity index (χ1v) is 6.94. The first-order chi connectivity index (χ1) is 7.51. The number of imidazole rings is 1. The molecule has 0 bridgehead atoms. The summed E-state index contributed by atoms with van der Waals surface area (Å²) in [7, 11) is -3.36. The molecule has 1 aliphatic rings. The van der Waals surface area contributed by atoms with Gasteiger partial charge in [0.2, 0.25) is 0 Å². The molecule has 2 unspecified atom stereocenters. The van der Waals surface area contributed by atoms with E-state index >= 15 is 0 Å². The fraction of sp³-hybridized carbons (Fsp3) is 0.700. The predicted octanol–water partition coefficient (Wildman–Crippen LogP) is 1.08. The molecule has 0 spiro atoms. The molecule has 16 heavy (non-hydrogen) atoms. The minimum atomic E-state index is -3.36. The summed E-state index contributed by atoms with van der Waals surface area (Å²) >= 11 is 0. The number of H-pyrrole nitrogens is 1. The largest absolute Gasteiger partial charge is 0.335 e. The Labute approximate surface area is 95.9 Å². The van der Waals surface area contributed by atoms with E-state index in [0.29, 0.717) is 24.9 Å². The average Bonchev–Trinajstić information content (AvgIpc) is 2.75. The van der Waals surface area contributed by atoms with E-state index in [1.165, 1.54) is 12.5 Å². The summed E-state index contributed by atoms with van der Waals surface area (Å²) in [5.41, 5.74) is 0. The van der Waals surface area contributed by atoms with Crippen LogP contribution in [0.3, 0.4) is 0 Å². The van der Waals surface area contributed by atoms with Gasteiger partial charge in [0, 0.05) is 13.1 Å². The Morgan fingerprint density at radius 2 is 2.19 bits per heavy atom. The molecule has 0 saturated carbocycles. The summed E-state index contributed by atoms with van der Waals surface area (Å²) in [6, 6.07) is 0. The molecule has 1 fully saturated rings. The van der Waals surface area contributed by atoms with Crippen LogP contribution in [0.1, 0.15) is 20.3 Å². The number of nitrogens with zero attached hydrogens (tertiary/aromatic N) is 2. The van der Waals surface area contributed by atoms with Crippen LogP contribution in [0.25, 0.3) is 0 Å². The highest BCUT2D eigenvalue weighted by atomic mass is 32.2. The van der Waals surface area contributed by atoms with E-state index in [-0.39, 0.29) is 5.03 Å². The summed E-state index contributed by atoms with van der Waals surface area (Å²) in [6.07, 6.45) is 3.68. The molecule has 1 N–H and O–H groups in total. The quantitative estimate of drug-likeness (QED) is 0.845. The molecular weight excluding hydrogens is 226 g/mol. The van der Waals surface area contributed by atoms with Crippen molar-refractivity contribution in [1.82, 2.24) is 14.3 Å². The minimum Gasteiger partial charge on any atom is -0.335 e. The Morgan fingerprint density at radius 1 is 1.44 bits per heavy atom. The zero-order valence-electron chi connectivity index (χ0n) is 9.55. The van der Waals surface area contributed by atoms with Crippen LogP contribution < -0.4 is 0 Å². The van der Waals surface area contributed by atoms with Gasteiger partial charge in [0.15, 0.2) is 5.03 Å². The second-order valence-electron chi connectivity index (χ2n) is 4.52. The highest BCUT2D eigenvalue weighted by Gasteiger charge is 2.32. The van der Waals surface area contributed by atoms with Crippen LogP contribution in [-0.2, 0) is 10.0 Å². The lowest BCUT2D eigenvalue weighted by Crippen LogP contribution is -2.42. The maximum atomic E-state index is 12.2. The van der Waals surface area contributed by atoms with E-state index in [9.17, 15) is 8.42 Å². The van der Waals surface area contributed by atoms with Gasteiger partial charge in [-0.05, 0) is 18.3 Å². The molecule has 2 atom stereocenters. The van der Waals surface area contributed by atoms with Crippen LogP contribution in [0.4, 0.5) is 0 Å². The number of rotatable bonds is 2. The highest BCUT2D eigenvalue weighted by Crippen LogP contribution is 2.26. The van der Waals surface area contributed by atoms with E-state index in [1.54, 1.807) is 4.31 Å². The summed E-state index contributed by atoms with van der Waals surface area (Å²) in [4.78, 5) is 6.42. The van der Waals surface area contributed by atoms with Gasteiger partial charge >= 0.3 is 0 Å². The van der Waals surface area contributed by atoms with Crippen molar-refractivity contribution in [2.45, 2.75) is 25.3 Å². The lowest BCUT2D eigenvalue weighted by molar-refractivity contribution is 0.212. The van der Waals surface area contributed by atoms with Gasteiger partial charge in [-0.3, -0.25) is 0 Å². The molecule has 1 aromatic rings. The van der Waals surface area contributed by atoms with Crippen LogP contribution >= 0.6 is 0 Å². The maximum Gasteiger partial charge on any atom is 0.260 e. The van der Waals surface area contributed by atoms with Crippen LogP contribution in [-0.4, -0.2) is 35.8 Å². The molecule has 6 heteroatoms. The molecule has 0 aromatic carbocycles. The molecule has 2 heterocycles. The second-order valence-corrected chi connectivity index (χ2v) is 6.43. The van der Waals surface area contributed by atoms with Gasteiger partial charge < -0.3 is 4.98 Å². The standard InChI is InChI=1S/C10H17N3O2S/c1-8-3-4-13(6-9(8)2)16(14,15)10-5-11-7-12-10/h5,7-9H,3-4,6H2,1-2H3,(H,11,12). The van der Waals surface area contributed by atoms with Gasteiger partial charge in [-0.15, -0.1) is 0 Å². The van der Waals surface area contributed by atoms with Crippen molar-refractivity contribution in [3.63, 3.8) is 0 Å². The van der Waals surface area contributed by atoms with Crippen molar-refractivity contribution in [2.24, 2.45) is 11.8 Å². The minimum absolute atomic E-state index is 0.189. The summed E-state index contributed by atoms with van der Waals surface area (Å²) < 4.78 is 25.9. The second kappa shape index (κ2) is 4.18. The average molecular weight is 243 g/mol. The lowest BCUT2D eigenvalue weighted by atomic mass is 9.90. The number of hydrogen-bond acceptors (Lipinski definition) is 3. The zero-order valence-corrected chi connectivity index (χ0v) is 10.4. The monoisotopic (exact) mass is 243 g/mol.